The van der Waals surface area contributed by atoms with Crippen molar-refractivity contribution in [2.45, 2.75) is 26.1 Å². The summed E-state index contributed by atoms with van der Waals surface area (Å²) >= 11 is 1.61. The lowest BCUT2D eigenvalue weighted by molar-refractivity contribution is -0.274. The van der Waals surface area contributed by atoms with E-state index in [4.69, 9.17) is 5.73 Å². The number of nitrogens with one attached hydrogen (secondary N) is 1. The number of aromatic nitrogens is 1. The van der Waals surface area contributed by atoms with Crippen LogP contribution in [0.25, 0.3) is 0 Å². The van der Waals surface area contributed by atoms with E-state index in [0.29, 0.717) is 13.0 Å². The molecular formula is C15H17F3N4OS. The molecule has 9 heteroatoms. The molecule has 0 aliphatic carbocycles. The van der Waals surface area contributed by atoms with Crippen LogP contribution >= 0.6 is 11.3 Å². The number of nitrogens with two attached hydrogens (primary N) is 1. The Hall–Kier alpha value is -2.29. The molecule has 24 heavy (non-hydrogen) atoms. The van der Waals surface area contributed by atoms with Crippen LogP contribution in [-0.2, 0) is 12.8 Å². The first-order valence-electron chi connectivity index (χ1n) is 7.22. The summed E-state index contributed by atoms with van der Waals surface area (Å²) < 4.78 is 41.0. The normalized spacial score (nSPS) is 12.2. The molecule has 1 heterocycles. The Bertz CT molecular complexity index is 700. The van der Waals surface area contributed by atoms with Crippen LogP contribution in [0.2, 0.25) is 0 Å². The summed E-state index contributed by atoms with van der Waals surface area (Å²) in [7, 11) is 0. The Morgan fingerprint density at radius 3 is 2.79 bits per heavy atom. The van der Waals surface area contributed by atoms with Crippen molar-refractivity contribution in [1.29, 1.82) is 0 Å². The molecule has 5 nitrogen and oxygen atoms in total. The zero-order valence-corrected chi connectivity index (χ0v) is 13.7. The molecule has 0 spiro atoms. The third-order valence-corrected chi connectivity index (χ3v) is 4.13. The van der Waals surface area contributed by atoms with E-state index in [1.165, 1.54) is 23.1 Å². The molecule has 0 radical (unpaired) electrons. The van der Waals surface area contributed by atoms with E-state index >= 15 is 0 Å². The maximum absolute atomic E-state index is 12.4. The number of hydrogen-bond donors (Lipinski definition) is 2. The summed E-state index contributed by atoms with van der Waals surface area (Å²) in [6, 6.07) is 5.64. The van der Waals surface area contributed by atoms with Gasteiger partial charge in [0.05, 0.1) is 10.7 Å². The van der Waals surface area contributed by atoms with Crippen molar-refractivity contribution in [3.8, 4) is 5.75 Å². The van der Waals surface area contributed by atoms with Crippen LogP contribution < -0.4 is 15.8 Å². The fourth-order valence-electron chi connectivity index (χ4n) is 1.86. The second kappa shape index (κ2) is 8.00. The van der Waals surface area contributed by atoms with Crippen LogP contribution in [0.15, 0.2) is 35.5 Å². The van der Waals surface area contributed by atoms with Gasteiger partial charge in [0, 0.05) is 24.0 Å². The van der Waals surface area contributed by atoms with Gasteiger partial charge < -0.3 is 15.8 Å². The van der Waals surface area contributed by atoms with E-state index in [-0.39, 0.29) is 17.4 Å². The molecule has 0 bridgehead atoms. The lowest BCUT2D eigenvalue weighted by atomic mass is 10.3. The van der Waals surface area contributed by atoms with Crippen molar-refractivity contribution in [3.63, 3.8) is 0 Å². The molecule has 0 saturated heterocycles. The van der Waals surface area contributed by atoms with E-state index < -0.39 is 6.36 Å². The number of hydrogen-bond acceptors (Lipinski definition) is 4. The molecule has 0 saturated carbocycles. The average Bonchev–Trinajstić information content (AvgIpc) is 2.96. The lowest BCUT2D eigenvalue weighted by Gasteiger charge is -2.14. The summed E-state index contributed by atoms with van der Waals surface area (Å²) in [5.74, 6) is -0.351. The summed E-state index contributed by atoms with van der Waals surface area (Å²) in [4.78, 5) is 9.56. The zero-order valence-electron chi connectivity index (χ0n) is 12.9. The number of aryl methyl sites for hydroxylation is 1. The van der Waals surface area contributed by atoms with Gasteiger partial charge in [0.25, 0.3) is 0 Å². The molecule has 0 aliphatic heterocycles. The minimum absolute atomic E-state index is 0.0143. The Kier molecular flexibility index (Phi) is 6.02. The Labute approximate surface area is 141 Å². The number of aliphatic imine (C=N–C) groups is 1. The van der Waals surface area contributed by atoms with E-state index in [9.17, 15) is 13.2 Å². The van der Waals surface area contributed by atoms with E-state index in [2.05, 4.69) is 27.0 Å². The van der Waals surface area contributed by atoms with Crippen LogP contribution in [0.5, 0.6) is 5.75 Å². The number of ether oxygens (including phenoxy) is 1. The Morgan fingerprint density at radius 2 is 2.12 bits per heavy atom. The Balaban J connectivity index is 1.95. The van der Waals surface area contributed by atoms with Crippen molar-refractivity contribution in [3.05, 3.63) is 40.3 Å². The summed E-state index contributed by atoms with van der Waals surface area (Å²) in [6.07, 6.45) is -1.39. The number of benzene rings is 1. The number of halogens is 3. The van der Waals surface area contributed by atoms with Crippen molar-refractivity contribution >= 4 is 23.0 Å². The monoisotopic (exact) mass is 358 g/mol. The second-order valence-electron chi connectivity index (χ2n) is 4.76. The van der Waals surface area contributed by atoms with E-state index in [0.717, 1.165) is 11.4 Å². The average molecular weight is 358 g/mol. The van der Waals surface area contributed by atoms with Gasteiger partial charge in [-0.15, -0.1) is 24.5 Å². The standard InChI is InChI=1S/C15H17F3N4OS/c1-2-10-9-21-13(24-10)7-8-20-14(19)22-11-5-3-4-6-12(11)23-15(16,17)18/h3-6,9H,2,7-8H2,1H3,(H3,19,20,22). The smallest absolute Gasteiger partial charge is 0.404 e. The van der Waals surface area contributed by atoms with E-state index in [1.807, 2.05) is 6.20 Å². The highest BCUT2D eigenvalue weighted by molar-refractivity contribution is 7.11. The lowest BCUT2D eigenvalue weighted by Crippen LogP contribution is -2.24. The van der Waals surface area contributed by atoms with Crippen LogP contribution in [-0.4, -0.2) is 23.9 Å². The van der Waals surface area contributed by atoms with Crippen LogP contribution in [0.1, 0.15) is 16.8 Å². The van der Waals surface area contributed by atoms with Gasteiger partial charge in [-0.3, -0.25) is 4.99 Å². The number of guanidine groups is 1. The van der Waals surface area contributed by atoms with Gasteiger partial charge in [-0.25, -0.2) is 4.98 Å². The van der Waals surface area contributed by atoms with Crippen molar-refractivity contribution in [1.82, 2.24) is 4.98 Å². The highest BCUT2D eigenvalue weighted by atomic mass is 32.1. The van der Waals surface area contributed by atoms with Crippen LogP contribution in [0, 0.1) is 0 Å². The van der Waals surface area contributed by atoms with Crippen molar-refractivity contribution < 1.29 is 17.9 Å². The quantitative estimate of drug-likeness (QED) is 0.612. The Morgan fingerprint density at radius 1 is 1.38 bits per heavy atom. The minimum Gasteiger partial charge on any atom is -0.404 e. The van der Waals surface area contributed by atoms with Gasteiger partial charge in [-0.05, 0) is 18.6 Å². The maximum Gasteiger partial charge on any atom is 0.573 e. The third kappa shape index (κ3) is 5.73. The van der Waals surface area contributed by atoms with Crippen LogP contribution in [0.4, 0.5) is 18.9 Å². The highest BCUT2D eigenvalue weighted by Gasteiger charge is 2.32. The van der Waals surface area contributed by atoms with Gasteiger partial charge >= 0.3 is 6.36 Å². The van der Waals surface area contributed by atoms with Gasteiger partial charge in [-0.2, -0.15) is 0 Å². The van der Waals surface area contributed by atoms with Crippen molar-refractivity contribution in [2.75, 3.05) is 11.9 Å². The maximum atomic E-state index is 12.4. The summed E-state index contributed by atoms with van der Waals surface area (Å²) in [6.45, 7) is 2.44. The minimum atomic E-state index is -4.77. The SMILES string of the molecule is CCc1cnc(CCN=C(N)Nc2ccccc2OC(F)(F)F)s1. The summed E-state index contributed by atoms with van der Waals surface area (Å²) in [5, 5.41) is 3.57. The predicted octanol–water partition coefficient (Wildman–Crippen LogP) is 3.57. The molecule has 1 aromatic carbocycles. The number of rotatable bonds is 6. The first-order chi connectivity index (χ1) is 11.4. The highest BCUT2D eigenvalue weighted by Crippen LogP contribution is 2.29. The molecule has 0 aliphatic rings. The third-order valence-electron chi connectivity index (χ3n) is 2.93. The molecule has 130 valence electrons. The molecular weight excluding hydrogens is 341 g/mol. The molecule has 2 rings (SSSR count). The topological polar surface area (TPSA) is 72.5 Å². The zero-order chi connectivity index (χ0) is 17.6. The number of alkyl halides is 3. The first kappa shape index (κ1) is 18.1. The number of nitrogens with zero attached hydrogens (tertiary/aromatic N) is 2. The molecule has 0 unspecified atom stereocenters. The molecule has 0 amide bonds. The number of para-hydroxylation sites is 2. The molecule has 1 aromatic heterocycles. The predicted molar refractivity (Wildman–Crippen MR) is 88.4 cm³/mol. The number of thiazole rings is 1. The van der Waals surface area contributed by atoms with Gasteiger partial charge in [0.1, 0.15) is 0 Å². The fourth-order valence-corrected chi connectivity index (χ4v) is 2.71. The molecule has 3 N–H and O–H groups in total. The fraction of sp³-hybridized carbons (Fsp3) is 0.333. The summed E-state index contributed by atoms with van der Waals surface area (Å²) in [5.41, 5.74) is 5.81. The van der Waals surface area contributed by atoms with Crippen molar-refractivity contribution in [2.24, 2.45) is 10.7 Å². The largest absolute Gasteiger partial charge is 0.573 e. The second-order valence-corrected chi connectivity index (χ2v) is 5.96. The molecule has 0 atom stereocenters. The molecule has 0 fully saturated rings. The first-order valence-corrected chi connectivity index (χ1v) is 8.04. The van der Waals surface area contributed by atoms with Gasteiger partial charge in [0.15, 0.2) is 11.7 Å². The molecule has 2 aromatic rings. The van der Waals surface area contributed by atoms with Gasteiger partial charge in [-0.1, -0.05) is 19.1 Å². The number of anilines is 1. The van der Waals surface area contributed by atoms with Gasteiger partial charge in [0.2, 0.25) is 0 Å². The van der Waals surface area contributed by atoms with E-state index in [1.54, 1.807) is 17.4 Å². The van der Waals surface area contributed by atoms with Crippen LogP contribution in [0.3, 0.4) is 0 Å².